The van der Waals surface area contributed by atoms with Crippen LogP contribution in [0.3, 0.4) is 0 Å². The Hall–Kier alpha value is -0.900. The second-order valence-electron chi connectivity index (χ2n) is 2.51. The molecular formula is C7H14N4. The number of hydrogen-bond donors (Lipinski definition) is 1. The molecule has 0 aliphatic carbocycles. The molecule has 0 fully saturated rings. The molecule has 1 aromatic heterocycles. The molecule has 0 spiro atoms. The lowest BCUT2D eigenvalue weighted by Crippen LogP contribution is -2.13. The van der Waals surface area contributed by atoms with E-state index in [1.807, 2.05) is 4.68 Å². The lowest BCUT2D eigenvalue weighted by molar-refractivity contribution is 0.417. The largest absolute Gasteiger partial charge is 0.330 e. The Morgan fingerprint density at radius 1 is 1.64 bits per heavy atom. The fourth-order valence-corrected chi connectivity index (χ4v) is 1.12. The molecule has 1 heterocycles. The second kappa shape index (κ2) is 4.08. The van der Waals surface area contributed by atoms with Gasteiger partial charge in [-0.2, -0.15) is 5.10 Å². The van der Waals surface area contributed by atoms with E-state index in [9.17, 15) is 0 Å². The van der Waals surface area contributed by atoms with Crippen molar-refractivity contribution in [2.45, 2.75) is 25.8 Å². The van der Waals surface area contributed by atoms with Crippen molar-refractivity contribution in [2.75, 3.05) is 6.54 Å². The molecule has 11 heavy (non-hydrogen) atoms. The maximum absolute atomic E-state index is 5.45. The van der Waals surface area contributed by atoms with Gasteiger partial charge in [-0.25, -0.2) is 9.67 Å². The summed E-state index contributed by atoms with van der Waals surface area (Å²) in [6, 6.07) is 0.419. The van der Waals surface area contributed by atoms with Gasteiger partial charge in [-0.15, -0.1) is 0 Å². The fourth-order valence-electron chi connectivity index (χ4n) is 1.12. The van der Waals surface area contributed by atoms with Crippen molar-refractivity contribution in [1.29, 1.82) is 0 Å². The Morgan fingerprint density at radius 2 is 2.45 bits per heavy atom. The standard InChI is InChI=1S/C7H14N4/c1-2-7(3-4-8)11-6-9-5-10-11/h5-7H,2-4,8H2,1H3. The van der Waals surface area contributed by atoms with Crippen molar-refractivity contribution in [1.82, 2.24) is 14.8 Å². The topological polar surface area (TPSA) is 56.7 Å². The predicted octanol–water partition coefficient (Wildman–Crippen LogP) is 0.578. The van der Waals surface area contributed by atoms with Gasteiger partial charge in [0, 0.05) is 0 Å². The van der Waals surface area contributed by atoms with Gasteiger partial charge in [-0.3, -0.25) is 0 Å². The van der Waals surface area contributed by atoms with Gasteiger partial charge in [-0.05, 0) is 19.4 Å². The average Bonchev–Trinajstić information content (AvgIpc) is 2.52. The molecule has 1 unspecified atom stereocenters. The highest BCUT2D eigenvalue weighted by molar-refractivity contribution is 4.67. The summed E-state index contributed by atoms with van der Waals surface area (Å²) in [5.41, 5.74) is 5.45. The van der Waals surface area contributed by atoms with Gasteiger partial charge in [0.25, 0.3) is 0 Å². The van der Waals surface area contributed by atoms with E-state index in [0.717, 1.165) is 12.8 Å². The lowest BCUT2D eigenvalue weighted by Gasteiger charge is -2.12. The Labute approximate surface area is 66.4 Å². The van der Waals surface area contributed by atoms with E-state index in [-0.39, 0.29) is 0 Å². The Balaban J connectivity index is 2.56. The van der Waals surface area contributed by atoms with Crippen LogP contribution in [-0.4, -0.2) is 21.3 Å². The molecule has 62 valence electrons. The first-order chi connectivity index (χ1) is 5.38. The van der Waals surface area contributed by atoms with Crippen molar-refractivity contribution in [2.24, 2.45) is 5.73 Å². The molecule has 0 bridgehead atoms. The third-order valence-corrected chi connectivity index (χ3v) is 1.78. The van der Waals surface area contributed by atoms with Gasteiger partial charge in [0.05, 0.1) is 6.04 Å². The number of nitrogens with two attached hydrogens (primary N) is 1. The van der Waals surface area contributed by atoms with Crippen molar-refractivity contribution >= 4 is 0 Å². The highest BCUT2D eigenvalue weighted by atomic mass is 15.3. The maximum Gasteiger partial charge on any atom is 0.137 e. The zero-order valence-corrected chi connectivity index (χ0v) is 6.77. The molecule has 0 saturated heterocycles. The highest BCUT2D eigenvalue weighted by Crippen LogP contribution is 2.11. The van der Waals surface area contributed by atoms with Crippen molar-refractivity contribution in [3.63, 3.8) is 0 Å². The third-order valence-electron chi connectivity index (χ3n) is 1.78. The average molecular weight is 154 g/mol. The van der Waals surface area contributed by atoms with Crippen LogP contribution in [0.2, 0.25) is 0 Å². The van der Waals surface area contributed by atoms with Crippen LogP contribution in [0.4, 0.5) is 0 Å². The fraction of sp³-hybridized carbons (Fsp3) is 0.714. The zero-order valence-electron chi connectivity index (χ0n) is 6.77. The number of aromatic nitrogens is 3. The van der Waals surface area contributed by atoms with Crippen molar-refractivity contribution < 1.29 is 0 Å². The molecule has 2 N–H and O–H groups in total. The smallest absolute Gasteiger partial charge is 0.137 e. The molecule has 0 saturated carbocycles. The quantitative estimate of drug-likeness (QED) is 0.690. The van der Waals surface area contributed by atoms with E-state index in [0.29, 0.717) is 12.6 Å². The van der Waals surface area contributed by atoms with Crippen LogP contribution in [0, 0.1) is 0 Å². The first kappa shape index (κ1) is 8.20. The second-order valence-corrected chi connectivity index (χ2v) is 2.51. The van der Waals surface area contributed by atoms with Crippen LogP contribution in [0.15, 0.2) is 12.7 Å². The van der Waals surface area contributed by atoms with Gasteiger partial charge < -0.3 is 5.73 Å². The van der Waals surface area contributed by atoms with Crippen molar-refractivity contribution in [3.8, 4) is 0 Å². The van der Waals surface area contributed by atoms with E-state index in [4.69, 9.17) is 5.73 Å². The van der Waals surface area contributed by atoms with Crippen LogP contribution in [0.5, 0.6) is 0 Å². The first-order valence-electron chi connectivity index (χ1n) is 3.92. The van der Waals surface area contributed by atoms with E-state index >= 15 is 0 Å². The Morgan fingerprint density at radius 3 is 2.91 bits per heavy atom. The first-order valence-corrected chi connectivity index (χ1v) is 3.92. The Bertz CT molecular complexity index is 182. The Kier molecular flexibility index (Phi) is 3.04. The predicted molar refractivity (Wildman–Crippen MR) is 43.0 cm³/mol. The molecule has 0 aliphatic rings. The van der Waals surface area contributed by atoms with Crippen LogP contribution in [0.1, 0.15) is 25.8 Å². The third kappa shape index (κ3) is 2.01. The van der Waals surface area contributed by atoms with E-state index in [1.54, 1.807) is 12.7 Å². The summed E-state index contributed by atoms with van der Waals surface area (Å²) in [6.07, 6.45) is 5.32. The summed E-state index contributed by atoms with van der Waals surface area (Å²) >= 11 is 0. The molecule has 4 nitrogen and oxygen atoms in total. The minimum Gasteiger partial charge on any atom is -0.330 e. The molecule has 4 heteroatoms. The summed E-state index contributed by atoms with van der Waals surface area (Å²) in [6.45, 7) is 2.83. The minimum absolute atomic E-state index is 0.419. The van der Waals surface area contributed by atoms with Crippen LogP contribution in [0.25, 0.3) is 0 Å². The van der Waals surface area contributed by atoms with Crippen LogP contribution >= 0.6 is 0 Å². The highest BCUT2D eigenvalue weighted by Gasteiger charge is 2.06. The minimum atomic E-state index is 0.419. The van der Waals surface area contributed by atoms with E-state index in [2.05, 4.69) is 17.0 Å². The zero-order chi connectivity index (χ0) is 8.10. The molecule has 0 aliphatic heterocycles. The molecule has 0 amide bonds. The normalized spacial score (nSPS) is 13.3. The van der Waals surface area contributed by atoms with Crippen molar-refractivity contribution in [3.05, 3.63) is 12.7 Å². The van der Waals surface area contributed by atoms with Gasteiger partial charge >= 0.3 is 0 Å². The summed E-state index contributed by atoms with van der Waals surface area (Å²) in [5.74, 6) is 0. The monoisotopic (exact) mass is 154 g/mol. The summed E-state index contributed by atoms with van der Waals surface area (Å²) in [4.78, 5) is 3.88. The number of rotatable bonds is 4. The summed E-state index contributed by atoms with van der Waals surface area (Å²) < 4.78 is 1.87. The molecule has 1 atom stereocenters. The molecular weight excluding hydrogens is 140 g/mol. The molecule has 0 radical (unpaired) electrons. The maximum atomic E-state index is 5.45. The van der Waals surface area contributed by atoms with Gasteiger partial charge in [0.15, 0.2) is 0 Å². The molecule has 0 aromatic carbocycles. The lowest BCUT2D eigenvalue weighted by atomic mass is 10.1. The number of nitrogens with zero attached hydrogens (tertiary/aromatic N) is 3. The SMILES string of the molecule is CCC(CCN)n1cncn1. The van der Waals surface area contributed by atoms with Gasteiger partial charge in [0.1, 0.15) is 12.7 Å². The van der Waals surface area contributed by atoms with Crippen LogP contribution < -0.4 is 5.73 Å². The molecule has 1 aromatic rings. The van der Waals surface area contributed by atoms with E-state index < -0.39 is 0 Å². The summed E-state index contributed by atoms with van der Waals surface area (Å²) in [5, 5.41) is 4.06. The van der Waals surface area contributed by atoms with Crippen LogP contribution in [-0.2, 0) is 0 Å². The van der Waals surface area contributed by atoms with E-state index in [1.165, 1.54) is 0 Å². The summed E-state index contributed by atoms with van der Waals surface area (Å²) in [7, 11) is 0. The number of hydrogen-bond acceptors (Lipinski definition) is 3. The molecule has 1 rings (SSSR count). The van der Waals surface area contributed by atoms with Gasteiger partial charge in [-0.1, -0.05) is 6.92 Å². The van der Waals surface area contributed by atoms with Gasteiger partial charge in [0.2, 0.25) is 0 Å².